The van der Waals surface area contributed by atoms with E-state index >= 15 is 0 Å². The van der Waals surface area contributed by atoms with Crippen LogP contribution in [0.1, 0.15) is 30.5 Å². The van der Waals surface area contributed by atoms with Crippen molar-refractivity contribution in [2.24, 2.45) is 0 Å². The van der Waals surface area contributed by atoms with E-state index in [1.807, 2.05) is 69.3 Å². The molecule has 5 rings (SSSR count). The molecule has 8 heteroatoms. The van der Waals surface area contributed by atoms with Gasteiger partial charge in [0.05, 0.1) is 25.0 Å². The Kier molecular flexibility index (Phi) is 5.73. The van der Waals surface area contributed by atoms with Crippen LogP contribution in [0.15, 0.2) is 60.7 Å². The number of benzene rings is 3. The summed E-state index contributed by atoms with van der Waals surface area (Å²) in [6.07, 6.45) is 0. The first-order valence-electron chi connectivity index (χ1n) is 11.2. The first-order chi connectivity index (χ1) is 16.7. The maximum atomic E-state index is 13.3. The highest BCUT2D eigenvalue weighted by atomic mass is 35.5. The van der Waals surface area contributed by atoms with Gasteiger partial charge in [0, 0.05) is 42.1 Å². The predicted molar refractivity (Wildman–Crippen MR) is 137 cm³/mol. The van der Waals surface area contributed by atoms with Crippen LogP contribution in [0.25, 0.3) is 11.3 Å². The Bertz CT molecular complexity index is 1330. The number of halogens is 1. The number of amides is 2. The lowest BCUT2D eigenvalue weighted by Gasteiger charge is -2.19. The van der Waals surface area contributed by atoms with Crippen molar-refractivity contribution < 1.29 is 19.0 Å². The molecule has 180 valence electrons. The third-order valence-electron chi connectivity index (χ3n) is 5.84. The molecule has 0 unspecified atom stereocenters. The van der Waals surface area contributed by atoms with E-state index in [2.05, 4.69) is 10.7 Å². The maximum Gasteiger partial charge on any atom is 0.340 e. The number of rotatable bonds is 4. The van der Waals surface area contributed by atoms with Crippen LogP contribution in [0.3, 0.4) is 0 Å². The molecule has 2 aliphatic rings. The van der Waals surface area contributed by atoms with E-state index < -0.39 is 5.79 Å². The molecule has 0 bridgehead atoms. The Morgan fingerprint density at radius 3 is 2.57 bits per heavy atom. The van der Waals surface area contributed by atoms with Gasteiger partial charge in [-0.2, -0.15) is 0 Å². The number of carbonyl (C=O) groups is 1. The first-order valence-corrected chi connectivity index (χ1v) is 11.6. The van der Waals surface area contributed by atoms with Crippen molar-refractivity contribution in [3.8, 4) is 17.2 Å². The van der Waals surface area contributed by atoms with Gasteiger partial charge in [-0.25, -0.2) is 9.80 Å². The highest BCUT2D eigenvalue weighted by Crippen LogP contribution is 2.48. The van der Waals surface area contributed by atoms with Crippen molar-refractivity contribution in [3.05, 3.63) is 82.4 Å². The molecule has 2 amide bonds. The predicted octanol–water partition coefficient (Wildman–Crippen LogP) is 6.08. The Hall–Kier alpha value is -3.84. The number of aryl methyl sites for hydroxylation is 1. The topological polar surface area (TPSA) is 72.1 Å². The van der Waals surface area contributed by atoms with Gasteiger partial charge in [-0.15, -0.1) is 0 Å². The van der Waals surface area contributed by atoms with Crippen molar-refractivity contribution in [1.82, 2.24) is 10.4 Å². The largest absolute Gasteiger partial charge is 0.493 e. The number of nitrogens with zero attached hydrogens (tertiary/aromatic N) is 1. The zero-order valence-electron chi connectivity index (χ0n) is 19.9. The maximum absolute atomic E-state index is 13.3. The lowest BCUT2D eigenvalue weighted by Crippen LogP contribution is -2.40. The Labute approximate surface area is 209 Å². The quantitative estimate of drug-likeness (QED) is 0.462. The molecule has 2 heterocycles. The lowest BCUT2D eigenvalue weighted by molar-refractivity contribution is -0.0439. The summed E-state index contributed by atoms with van der Waals surface area (Å²) in [6.45, 7) is 5.99. The van der Waals surface area contributed by atoms with Gasteiger partial charge in [-0.3, -0.25) is 5.43 Å². The van der Waals surface area contributed by atoms with E-state index in [-0.39, 0.29) is 6.03 Å². The molecule has 0 spiro atoms. The molecule has 0 saturated carbocycles. The molecule has 0 aromatic heterocycles. The van der Waals surface area contributed by atoms with Crippen LogP contribution in [-0.4, -0.2) is 30.5 Å². The van der Waals surface area contributed by atoms with Gasteiger partial charge in [-0.05, 0) is 18.6 Å². The second-order valence-electron chi connectivity index (χ2n) is 8.94. The molecule has 0 radical (unpaired) electrons. The van der Waals surface area contributed by atoms with Crippen molar-refractivity contribution in [2.45, 2.75) is 26.6 Å². The summed E-state index contributed by atoms with van der Waals surface area (Å²) in [5, 5.41) is 5.08. The highest BCUT2D eigenvalue weighted by Gasteiger charge is 2.35. The molecule has 0 fully saturated rings. The van der Waals surface area contributed by atoms with E-state index in [1.54, 1.807) is 19.2 Å². The van der Waals surface area contributed by atoms with Gasteiger partial charge in [-0.1, -0.05) is 59.6 Å². The van der Waals surface area contributed by atoms with E-state index in [0.29, 0.717) is 34.5 Å². The molecule has 2 N–H and O–H groups in total. The summed E-state index contributed by atoms with van der Waals surface area (Å²) in [6, 6.07) is 18.9. The Morgan fingerprint density at radius 1 is 1.11 bits per heavy atom. The lowest BCUT2D eigenvalue weighted by atomic mass is 10.00. The Morgan fingerprint density at radius 2 is 1.86 bits per heavy atom. The molecule has 2 aliphatic heterocycles. The van der Waals surface area contributed by atoms with Gasteiger partial charge in [0.25, 0.3) is 0 Å². The summed E-state index contributed by atoms with van der Waals surface area (Å²) in [5.41, 5.74) is 8.55. The fourth-order valence-electron chi connectivity index (χ4n) is 4.19. The smallest absolute Gasteiger partial charge is 0.340 e. The minimum atomic E-state index is -0.814. The van der Waals surface area contributed by atoms with Crippen molar-refractivity contribution in [1.29, 1.82) is 0 Å². The van der Waals surface area contributed by atoms with Gasteiger partial charge in [0.1, 0.15) is 0 Å². The highest BCUT2D eigenvalue weighted by molar-refractivity contribution is 6.32. The number of urea groups is 1. The summed E-state index contributed by atoms with van der Waals surface area (Å²) in [4.78, 5) is 13.3. The van der Waals surface area contributed by atoms with Crippen LogP contribution in [0.2, 0.25) is 5.02 Å². The molecule has 3 aromatic carbocycles. The van der Waals surface area contributed by atoms with Gasteiger partial charge in [0.2, 0.25) is 11.5 Å². The minimum absolute atomic E-state index is 0.327. The number of hydrazine groups is 1. The summed E-state index contributed by atoms with van der Waals surface area (Å²) < 4.78 is 17.1. The molecule has 35 heavy (non-hydrogen) atoms. The number of nitrogens with one attached hydrogen (secondary N) is 2. The number of anilines is 1. The van der Waals surface area contributed by atoms with Gasteiger partial charge < -0.3 is 19.5 Å². The zero-order valence-corrected chi connectivity index (χ0v) is 20.7. The van der Waals surface area contributed by atoms with Crippen LogP contribution < -0.4 is 25.0 Å². The number of hydrogen-bond donors (Lipinski definition) is 2. The number of hydrogen-bond acceptors (Lipinski definition) is 5. The van der Waals surface area contributed by atoms with E-state index in [0.717, 1.165) is 28.0 Å². The third kappa shape index (κ3) is 4.47. The van der Waals surface area contributed by atoms with Crippen LogP contribution in [0.4, 0.5) is 10.5 Å². The number of methoxy groups -OCH3 is 1. The van der Waals surface area contributed by atoms with E-state index in [4.69, 9.17) is 25.8 Å². The molecular formula is C27H26ClN3O4. The van der Waals surface area contributed by atoms with Crippen LogP contribution in [-0.2, 0) is 0 Å². The third-order valence-corrected chi connectivity index (χ3v) is 6.17. The Balaban J connectivity index is 1.43. The standard InChI is InChI=1S/C27H26ClN3O4/c1-16-9-11-17(12-10-16)24-20(19-7-5-6-8-21(19)28)15-31(30-24)26(32)29-18-13-22(33-4)25-23(14-18)34-27(2,3)35-25/h5-14,30H,15H2,1-4H3,(H,29,32). The second-order valence-corrected chi connectivity index (χ2v) is 9.34. The van der Waals surface area contributed by atoms with Crippen LogP contribution in [0, 0.1) is 6.92 Å². The van der Waals surface area contributed by atoms with Gasteiger partial charge in [0.15, 0.2) is 11.5 Å². The van der Waals surface area contributed by atoms with E-state index in [1.165, 1.54) is 5.01 Å². The molecule has 0 saturated heterocycles. The molecule has 7 nitrogen and oxygen atoms in total. The molecule has 0 aliphatic carbocycles. The summed E-state index contributed by atoms with van der Waals surface area (Å²) in [7, 11) is 1.55. The molecule has 3 aromatic rings. The normalized spacial score (nSPS) is 15.7. The van der Waals surface area contributed by atoms with E-state index in [9.17, 15) is 4.79 Å². The summed E-state index contributed by atoms with van der Waals surface area (Å²) >= 11 is 6.53. The zero-order chi connectivity index (χ0) is 24.7. The van der Waals surface area contributed by atoms with Crippen LogP contribution >= 0.6 is 11.6 Å². The molecular weight excluding hydrogens is 466 g/mol. The van der Waals surface area contributed by atoms with Crippen molar-refractivity contribution in [3.63, 3.8) is 0 Å². The summed E-state index contributed by atoms with van der Waals surface area (Å²) in [5.74, 6) is 0.687. The number of ether oxygens (including phenoxy) is 3. The van der Waals surface area contributed by atoms with Gasteiger partial charge >= 0.3 is 6.03 Å². The first kappa shape index (κ1) is 22.9. The molecule has 0 atom stereocenters. The van der Waals surface area contributed by atoms with Crippen molar-refractivity contribution >= 4 is 34.6 Å². The second kappa shape index (κ2) is 8.74. The SMILES string of the molecule is COc1cc(NC(=O)N2CC(c3ccccc3Cl)=C(c3ccc(C)cc3)N2)cc2c1OC(C)(C)O2. The number of carbonyl (C=O) groups excluding carboxylic acids is 1. The fraction of sp³-hybridized carbons (Fsp3) is 0.222. The monoisotopic (exact) mass is 491 g/mol. The van der Waals surface area contributed by atoms with Crippen molar-refractivity contribution in [2.75, 3.05) is 19.0 Å². The fourth-order valence-corrected chi connectivity index (χ4v) is 4.44. The van der Waals surface area contributed by atoms with Crippen LogP contribution in [0.5, 0.6) is 17.2 Å². The average molecular weight is 492 g/mol. The average Bonchev–Trinajstić information content (AvgIpc) is 3.39. The minimum Gasteiger partial charge on any atom is -0.493 e. The number of fused-ring (bicyclic) bond motifs is 1.